The summed E-state index contributed by atoms with van der Waals surface area (Å²) in [5.74, 6) is -0.930. The largest absolute Gasteiger partial charge is 0.493 e. The van der Waals surface area contributed by atoms with Gasteiger partial charge in [0.05, 0.1) is 35.7 Å². The Kier molecular flexibility index (Phi) is 8.04. The number of halogens is 3. The van der Waals surface area contributed by atoms with E-state index < -0.39 is 29.4 Å². The molecule has 1 aromatic heterocycles. The van der Waals surface area contributed by atoms with Crippen LogP contribution in [0.15, 0.2) is 48.5 Å². The van der Waals surface area contributed by atoms with Gasteiger partial charge in [-0.15, -0.1) is 0 Å². The summed E-state index contributed by atoms with van der Waals surface area (Å²) >= 11 is 0. The maximum Gasteiger partial charge on any atom is 0.435 e. The molecule has 0 aliphatic heterocycles. The number of hydrogen-bond acceptors (Lipinski definition) is 6. The number of benzene rings is 2. The Bertz CT molecular complexity index is 1340. The number of carbonyl (C=O) groups excluding carboxylic acids is 2. The second kappa shape index (κ2) is 11.1. The summed E-state index contributed by atoms with van der Waals surface area (Å²) in [6.45, 7) is 7.31. The maximum absolute atomic E-state index is 14.0. The van der Waals surface area contributed by atoms with Crippen molar-refractivity contribution in [3.63, 3.8) is 0 Å². The summed E-state index contributed by atoms with van der Waals surface area (Å²) in [6, 6.07) is 12.7. The van der Waals surface area contributed by atoms with Gasteiger partial charge in [0.2, 0.25) is 0 Å². The van der Waals surface area contributed by atoms with E-state index in [1.807, 2.05) is 0 Å². The number of esters is 2. The molecule has 0 saturated heterocycles. The fourth-order valence-electron chi connectivity index (χ4n) is 4.58. The molecule has 10 heteroatoms. The van der Waals surface area contributed by atoms with E-state index in [0.29, 0.717) is 35.5 Å². The van der Waals surface area contributed by atoms with E-state index >= 15 is 0 Å². The standard InChI is InChI=1S/C29H31F3N2O5/c1-5-37-26(35)19-8-6-10-21(16-19)34-24-20(9-7-11-23(24)25(33-34)29(30,31)32)17-38-22-14-12-18(13-15-22)27(36)39-28(2,3)4/h6,8,10,12-16,20H,5,7,9,11,17H2,1-4H3. The highest BCUT2D eigenvalue weighted by atomic mass is 19.4. The van der Waals surface area contributed by atoms with E-state index in [-0.39, 0.29) is 36.7 Å². The smallest absolute Gasteiger partial charge is 0.435 e. The van der Waals surface area contributed by atoms with Crippen LogP contribution in [0, 0.1) is 0 Å². The summed E-state index contributed by atoms with van der Waals surface area (Å²) < 4.78 is 59.6. The monoisotopic (exact) mass is 544 g/mol. The highest BCUT2D eigenvalue weighted by Crippen LogP contribution is 2.41. The van der Waals surface area contributed by atoms with Crippen molar-refractivity contribution >= 4 is 11.9 Å². The van der Waals surface area contributed by atoms with Gasteiger partial charge in [-0.2, -0.15) is 18.3 Å². The van der Waals surface area contributed by atoms with Crippen LogP contribution in [-0.2, 0) is 22.1 Å². The van der Waals surface area contributed by atoms with Gasteiger partial charge in [0.15, 0.2) is 5.69 Å². The van der Waals surface area contributed by atoms with Crippen LogP contribution in [0.4, 0.5) is 13.2 Å². The average molecular weight is 545 g/mol. The van der Waals surface area contributed by atoms with Crippen molar-refractivity contribution in [2.45, 2.75) is 64.7 Å². The lowest BCUT2D eigenvalue weighted by molar-refractivity contribution is -0.142. The van der Waals surface area contributed by atoms with E-state index in [4.69, 9.17) is 14.2 Å². The molecule has 1 heterocycles. The van der Waals surface area contributed by atoms with Crippen LogP contribution in [-0.4, -0.2) is 40.5 Å². The lowest BCUT2D eigenvalue weighted by atomic mass is 9.86. The minimum Gasteiger partial charge on any atom is -0.493 e. The van der Waals surface area contributed by atoms with Gasteiger partial charge in [0.1, 0.15) is 11.4 Å². The summed E-state index contributed by atoms with van der Waals surface area (Å²) in [5, 5.41) is 3.98. The van der Waals surface area contributed by atoms with Crippen molar-refractivity contribution in [2.24, 2.45) is 0 Å². The van der Waals surface area contributed by atoms with E-state index in [2.05, 4.69) is 5.10 Å². The third kappa shape index (κ3) is 6.61. The minimum absolute atomic E-state index is 0.110. The summed E-state index contributed by atoms with van der Waals surface area (Å²) in [7, 11) is 0. The van der Waals surface area contributed by atoms with Crippen LogP contribution in [0.2, 0.25) is 0 Å². The molecule has 0 fully saturated rings. The fraction of sp³-hybridized carbons (Fsp3) is 0.414. The minimum atomic E-state index is -4.63. The molecule has 0 radical (unpaired) electrons. The molecule has 0 N–H and O–H groups in total. The normalized spacial score (nSPS) is 15.4. The second-order valence-corrected chi connectivity index (χ2v) is 10.3. The molecule has 1 aliphatic rings. The molecule has 3 aromatic rings. The Balaban J connectivity index is 1.62. The summed E-state index contributed by atoms with van der Waals surface area (Å²) in [6.07, 6.45) is -3.24. The zero-order chi connectivity index (χ0) is 28.4. The number of carbonyl (C=O) groups is 2. The van der Waals surface area contributed by atoms with Gasteiger partial charge in [-0.25, -0.2) is 14.3 Å². The third-order valence-electron chi connectivity index (χ3n) is 6.20. The van der Waals surface area contributed by atoms with E-state index in [1.54, 1.807) is 70.2 Å². The van der Waals surface area contributed by atoms with Crippen LogP contribution in [0.5, 0.6) is 5.75 Å². The lowest BCUT2D eigenvalue weighted by Gasteiger charge is -2.25. The Morgan fingerprint density at radius 1 is 1.03 bits per heavy atom. The number of hydrogen-bond donors (Lipinski definition) is 0. The molecule has 1 unspecified atom stereocenters. The predicted octanol–water partition coefficient (Wildman–Crippen LogP) is 6.52. The molecule has 0 amide bonds. The van der Waals surface area contributed by atoms with Crippen LogP contribution in [0.3, 0.4) is 0 Å². The Hall–Kier alpha value is -3.82. The molecule has 0 saturated carbocycles. The van der Waals surface area contributed by atoms with Crippen molar-refractivity contribution in [2.75, 3.05) is 13.2 Å². The first-order valence-corrected chi connectivity index (χ1v) is 12.8. The van der Waals surface area contributed by atoms with Crippen molar-refractivity contribution in [1.82, 2.24) is 9.78 Å². The molecular formula is C29H31F3N2O5. The molecule has 0 spiro atoms. The molecule has 1 aliphatic carbocycles. The molecule has 39 heavy (non-hydrogen) atoms. The average Bonchev–Trinajstić information content (AvgIpc) is 3.28. The zero-order valence-electron chi connectivity index (χ0n) is 22.3. The number of aromatic nitrogens is 2. The fourth-order valence-corrected chi connectivity index (χ4v) is 4.58. The molecule has 7 nitrogen and oxygen atoms in total. The highest BCUT2D eigenvalue weighted by molar-refractivity contribution is 5.90. The third-order valence-corrected chi connectivity index (χ3v) is 6.20. The second-order valence-electron chi connectivity index (χ2n) is 10.3. The molecule has 1 atom stereocenters. The Morgan fingerprint density at radius 3 is 2.38 bits per heavy atom. The Morgan fingerprint density at radius 2 is 1.74 bits per heavy atom. The van der Waals surface area contributed by atoms with E-state index in [0.717, 1.165) is 0 Å². The van der Waals surface area contributed by atoms with Gasteiger partial charge < -0.3 is 14.2 Å². The number of ether oxygens (including phenoxy) is 3. The number of alkyl halides is 3. The SMILES string of the molecule is CCOC(=O)c1cccc(-n2nc(C(F)(F)F)c3c2C(COc2ccc(C(=O)OC(C)(C)C)cc2)CCC3)c1. The first-order valence-electron chi connectivity index (χ1n) is 12.8. The molecule has 0 bridgehead atoms. The van der Waals surface area contributed by atoms with Gasteiger partial charge in [0.25, 0.3) is 0 Å². The molecule has 2 aromatic carbocycles. The van der Waals surface area contributed by atoms with Crippen LogP contribution in [0.25, 0.3) is 5.69 Å². The van der Waals surface area contributed by atoms with Crippen LogP contribution >= 0.6 is 0 Å². The van der Waals surface area contributed by atoms with Gasteiger partial charge in [-0.1, -0.05) is 6.07 Å². The number of fused-ring (bicyclic) bond motifs is 1. The quantitative estimate of drug-likeness (QED) is 0.315. The topological polar surface area (TPSA) is 79.7 Å². The Labute approximate surface area is 224 Å². The predicted molar refractivity (Wildman–Crippen MR) is 137 cm³/mol. The van der Waals surface area contributed by atoms with Crippen molar-refractivity contribution in [3.05, 3.63) is 76.6 Å². The summed E-state index contributed by atoms with van der Waals surface area (Å²) in [4.78, 5) is 24.5. The lowest BCUT2D eigenvalue weighted by Crippen LogP contribution is -2.23. The molecule has 4 rings (SSSR count). The van der Waals surface area contributed by atoms with Crippen molar-refractivity contribution in [1.29, 1.82) is 0 Å². The van der Waals surface area contributed by atoms with E-state index in [1.165, 1.54) is 10.7 Å². The highest BCUT2D eigenvalue weighted by Gasteiger charge is 2.42. The first kappa shape index (κ1) is 28.2. The number of nitrogens with zero attached hydrogens (tertiary/aromatic N) is 2. The maximum atomic E-state index is 14.0. The van der Waals surface area contributed by atoms with Gasteiger partial charge >= 0.3 is 18.1 Å². The molecular weight excluding hydrogens is 513 g/mol. The zero-order valence-corrected chi connectivity index (χ0v) is 22.3. The van der Waals surface area contributed by atoms with Gasteiger partial charge in [-0.3, -0.25) is 0 Å². The van der Waals surface area contributed by atoms with Crippen LogP contribution < -0.4 is 4.74 Å². The number of rotatable bonds is 7. The van der Waals surface area contributed by atoms with Crippen molar-refractivity contribution < 1.29 is 37.0 Å². The van der Waals surface area contributed by atoms with Crippen molar-refractivity contribution in [3.8, 4) is 11.4 Å². The van der Waals surface area contributed by atoms with Gasteiger partial charge in [-0.05, 0) is 89.4 Å². The van der Waals surface area contributed by atoms with Gasteiger partial charge in [0, 0.05) is 11.5 Å². The first-order chi connectivity index (χ1) is 18.4. The van der Waals surface area contributed by atoms with Crippen LogP contribution in [0.1, 0.15) is 84.1 Å². The summed E-state index contributed by atoms with van der Waals surface area (Å²) in [5.41, 5.74) is -0.0677. The molecule has 208 valence electrons. The van der Waals surface area contributed by atoms with E-state index in [9.17, 15) is 22.8 Å².